The molecule has 0 aliphatic rings. The van der Waals surface area contributed by atoms with Gasteiger partial charge in [-0.25, -0.2) is 0 Å². The van der Waals surface area contributed by atoms with Gasteiger partial charge in [0.1, 0.15) is 5.76 Å². The third-order valence-corrected chi connectivity index (χ3v) is 2.30. The van der Waals surface area contributed by atoms with E-state index in [0.29, 0.717) is 5.76 Å². The van der Waals surface area contributed by atoms with Gasteiger partial charge in [0.15, 0.2) is 0 Å². The van der Waals surface area contributed by atoms with E-state index in [1.54, 1.807) is 0 Å². The van der Waals surface area contributed by atoms with Crippen LogP contribution >= 0.6 is 0 Å². The van der Waals surface area contributed by atoms with Crippen molar-refractivity contribution >= 4 is 8.07 Å². The Morgan fingerprint density at radius 1 is 1.56 bits per heavy atom. The largest absolute Gasteiger partial charge is 0.505 e. The molecule has 52 valence electrons. The molecule has 0 aromatic carbocycles. The molecule has 0 fully saturated rings. The molecule has 0 aromatic rings. The van der Waals surface area contributed by atoms with Crippen LogP contribution in [-0.2, 0) is 0 Å². The van der Waals surface area contributed by atoms with E-state index in [-0.39, 0.29) is 0 Å². The minimum atomic E-state index is -1.13. The summed E-state index contributed by atoms with van der Waals surface area (Å²) in [6.07, 6.45) is 0. The highest BCUT2D eigenvalue weighted by Crippen LogP contribution is 2.12. The third-order valence-electron chi connectivity index (χ3n) is 0.902. The van der Waals surface area contributed by atoms with E-state index in [2.05, 4.69) is 32.0 Å². The van der Waals surface area contributed by atoms with Crippen LogP contribution in [0.15, 0.2) is 18.1 Å². The fourth-order valence-corrected chi connectivity index (χ4v) is 1.69. The van der Waals surface area contributed by atoms with Crippen molar-refractivity contribution in [2.75, 3.05) is 0 Å². The molecular formula is C7H14OSi. The highest BCUT2D eigenvalue weighted by Gasteiger charge is 2.14. The second kappa shape index (κ2) is 2.90. The Morgan fingerprint density at radius 3 is 2.11 bits per heavy atom. The molecule has 0 aromatic heterocycles. The molecule has 0 aliphatic heterocycles. The maximum Gasteiger partial charge on any atom is 0.131 e. The van der Waals surface area contributed by atoms with Crippen LogP contribution in [-0.4, -0.2) is 13.2 Å². The summed E-state index contributed by atoms with van der Waals surface area (Å²) in [6, 6.07) is 0.788. The predicted octanol–water partition coefficient (Wildman–Crippen LogP) is 2.55. The first-order valence-corrected chi connectivity index (χ1v) is 6.74. The normalized spacial score (nSPS) is 10.6. The van der Waals surface area contributed by atoms with E-state index in [1.807, 2.05) is 0 Å². The summed E-state index contributed by atoms with van der Waals surface area (Å²) in [6.45, 7) is 9.94. The van der Waals surface area contributed by atoms with Gasteiger partial charge in [0, 0.05) is 6.04 Å². The second-order valence-electron chi connectivity index (χ2n) is 3.36. The average molecular weight is 142 g/mol. The molecular weight excluding hydrogens is 128 g/mol. The van der Waals surface area contributed by atoms with Gasteiger partial charge in [0.05, 0.1) is 8.07 Å². The SMILES string of the molecule is C=C=C(O)C[Si](C)(C)C. The Morgan fingerprint density at radius 2 is 2.00 bits per heavy atom. The zero-order chi connectivity index (χ0) is 7.49. The molecule has 0 aliphatic carbocycles. The quantitative estimate of drug-likeness (QED) is 0.357. The van der Waals surface area contributed by atoms with Crippen molar-refractivity contribution in [2.45, 2.75) is 25.7 Å². The summed E-state index contributed by atoms with van der Waals surface area (Å²) in [5.41, 5.74) is 2.48. The van der Waals surface area contributed by atoms with Gasteiger partial charge in [-0.15, -0.1) is 0 Å². The molecule has 0 saturated heterocycles. The van der Waals surface area contributed by atoms with Gasteiger partial charge in [-0.05, 0) is 0 Å². The maximum absolute atomic E-state index is 8.97. The molecule has 2 heteroatoms. The molecule has 1 N–H and O–H groups in total. The summed E-state index contributed by atoms with van der Waals surface area (Å²) >= 11 is 0. The van der Waals surface area contributed by atoms with Crippen molar-refractivity contribution in [3.63, 3.8) is 0 Å². The second-order valence-corrected chi connectivity index (χ2v) is 8.84. The minimum absolute atomic E-state index is 0.314. The fourth-order valence-electron chi connectivity index (χ4n) is 0.565. The van der Waals surface area contributed by atoms with Crippen LogP contribution < -0.4 is 0 Å². The maximum atomic E-state index is 8.97. The van der Waals surface area contributed by atoms with Gasteiger partial charge >= 0.3 is 0 Å². The predicted molar refractivity (Wildman–Crippen MR) is 43.4 cm³/mol. The fraction of sp³-hybridized carbons (Fsp3) is 0.571. The summed E-state index contributed by atoms with van der Waals surface area (Å²) in [4.78, 5) is 0. The first-order valence-electron chi connectivity index (χ1n) is 3.03. The van der Waals surface area contributed by atoms with Crippen LogP contribution in [0.3, 0.4) is 0 Å². The third kappa shape index (κ3) is 5.41. The van der Waals surface area contributed by atoms with E-state index in [4.69, 9.17) is 5.11 Å². The van der Waals surface area contributed by atoms with Gasteiger partial charge in [-0.1, -0.05) is 32.0 Å². The van der Waals surface area contributed by atoms with Gasteiger partial charge in [-0.2, -0.15) is 0 Å². The van der Waals surface area contributed by atoms with Crippen LogP contribution in [0, 0.1) is 0 Å². The van der Waals surface area contributed by atoms with Gasteiger partial charge in [0.2, 0.25) is 0 Å². The molecule has 0 bridgehead atoms. The summed E-state index contributed by atoms with van der Waals surface area (Å²) in [5.74, 6) is 0.314. The molecule has 0 saturated carbocycles. The number of aliphatic hydroxyl groups excluding tert-OH is 1. The van der Waals surface area contributed by atoms with E-state index in [0.717, 1.165) is 6.04 Å². The Bertz CT molecular complexity index is 137. The Hall–Kier alpha value is -0.463. The van der Waals surface area contributed by atoms with Crippen molar-refractivity contribution < 1.29 is 5.11 Å². The molecule has 0 unspecified atom stereocenters. The standard InChI is InChI=1S/C7H14OSi/c1-5-7(8)6-9(2,3)4/h8H,1,6H2,2-4H3. The minimum Gasteiger partial charge on any atom is -0.505 e. The van der Waals surface area contributed by atoms with Crippen LogP contribution in [0.4, 0.5) is 0 Å². The lowest BCUT2D eigenvalue weighted by Crippen LogP contribution is -2.19. The first-order chi connectivity index (χ1) is 3.95. The van der Waals surface area contributed by atoms with E-state index in [1.165, 1.54) is 0 Å². The lowest BCUT2D eigenvalue weighted by molar-refractivity contribution is 0.414. The summed E-state index contributed by atoms with van der Waals surface area (Å²) < 4.78 is 0. The van der Waals surface area contributed by atoms with Crippen molar-refractivity contribution in [2.24, 2.45) is 0 Å². The lowest BCUT2D eigenvalue weighted by atomic mass is 10.6. The molecule has 0 rings (SSSR count). The smallest absolute Gasteiger partial charge is 0.131 e. The van der Waals surface area contributed by atoms with Crippen molar-refractivity contribution in [3.8, 4) is 0 Å². The zero-order valence-corrected chi connectivity index (χ0v) is 7.36. The zero-order valence-electron chi connectivity index (χ0n) is 6.36. The summed E-state index contributed by atoms with van der Waals surface area (Å²) in [5, 5.41) is 8.97. The highest BCUT2D eigenvalue weighted by molar-refractivity contribution is 6.76. The van der Waals surface area contributed by atoms with E-state index in [9.17, 15) is 0 Å². The first kappa shape index (κ1) is 8.54. The molecule has 0 radical (unpaired) electrons. The molecule has 1 nitrogen and oxygen atoms in total. The molecule has 9 heavy (non-hydrogen) atoms. The van der Waals surface area contributed by atoms with Crippen LogP contribution in [0.1, 0.15) is 0 Å². The van der Waals surface area contributed by atoms with E-state index >= 15 is 0 Å². The topological polar surface area (TPSA) is 20.2 Å². The molecule has 0 spiro atoms. The van der Waals surface area contributed by atoms with Crippen molar-refractivity contribution in [1.29, 1.82) is 0 Å². The van der Waals surface area contributed by atoms with Crippen molar-refractivity contribution in [3.05, 3.63) is 18.1 Å². The Balaban J connectivity index is 3.89. The monoisotopic (exact) mass is 142 g/mol. The Labute approximate surface area is 57.7 Å². The highest BCUT2D eigenvalue weighted by atomic mass is 28.3. The molecule has 0 heterocycles. The van der Waals surface area contributed by atoms with Crippen molar-refractivity contribution in [1.82, 2.24) is 0 Å². The van der Waals surface area contributed by atoms with Gasteiger partial charge in [-0.3, -0.25) is 0 Å². The Kier molecular flexibility index (Phi) is 2.75. The van der Waals surface area contributed by atoms with Gasteiger partial charge in [0.25, 0.3) is 0 Å². The number of allylic oxidation sites excluding steroid dienone is 1. The number of rotatable bonds is 2. The van der Waals surface area contributed by atoms with Crippen LogP contribution in [0.25, 0.3) is 0 Å². The molecule has 0 atom stereocenters. The number of aliphatic hydroxyl groups is 1. The van der Waals surface area contributed by atoms with Crippen LogP contribution in [0.5, 0.6) is 0 Å². The number of hydrogen-bond acceptors (Lipinski definition) is 1. The summed E-state index contributed by atoms with van der Waals surface area (Å²) in [7, 11) is -1.13. The lowest BCUT2D eigenvalue weighted by Gasteiger charge is -2.12. The number of hydrogen-bond donors (Lipinski definition) is 1. The molecule has 0 amide bonds. The van der Waals surface area contributed by atoms with E-state index < -0.39 is 8.07 Å². The average Bonchev–Trinajstić information content (AvgIpc) is 1.62. The van der Waals surface area contributed by atoms with Gasteiger partial charge < -0.3 is 5.11 Å². The van der Waals surface area contributed by atoms with Crippen LogP contribution in [0.2, 0.25) is 25.7 Å².